The number of carbonyl (C=O) groups excluding carboxylic acids is 3. The first-order valence-electron chi connectivity index (χ1n) is 13.6. The molecule has 5 aromatic rings. The molecule has 0 saturated carbocycles. The molecule has 0 fully saturated rings. The lowest BCUT2D eigenvalue weighted by atomic mass is 9.97. The molecule has 0 atom stereocenters. The van der Waals surface area contributed by atoms with E-state index in [-0.39, 0.29) is 17.3 Å². The molecule has 0 N–H and O–H groups in total. The minimum atomic E-state index is -0.599. The number of hydrogen-bond donors (Lipinski definition) is 0. The van der Waals surface area contributed by atoms with E-state index in [9.17, 15) is 14.4 Å². The van der Waals surface area contributed by atoms with Gasteiger partial charge in [0.1, 0.15) is 5.71 Å². The largest absolute Gasteiger partial charge is 0.341 e. The van der Waals surface area contributed by atoms with Gasteiger partial charge in [-0.05, 0) is 80.1 Å². The Morgan fingerprint density at radius 2 is 1.52 bits per heavy atom. The number of aromatic nitrogens is 1. The molecule has 0 bridgehead atoms. The van der Waals surface area contributed by atoms with Gasteiger partial charge in [0, 0.05) is 74.1 Å². The smallest absolute Gasteiger partial charge is 0.331 e. The zero-order chi connectivity index (χ0) is 29.8. The van der Waals surface area contributed by atoms with Crippen LogP contribution in [0.5, 0.6) is 0 Å². The van der Waals surface area contributed by atoms with Gasteiger partial charge < -0.3 is 9.40 Å². The van der Waals surface area contributed by atoms with Gasteiger partial charge >= 0.3 is 5.97 Å². The van der Waals surface area contributed by atoms with Crippen molar-refractivity contribution in [2.24, 2.45) is 5.16 Å². The number of fused-ring (bicyclic) bond motifs is 3. The Morgan fingerprint density at radius 3 is 2.17 bits per heavy atom. The zero-order valence-corrected chi connectivity index (χ0v) is 25.1. The zero-order valence-electron chi connectivity index (χ0n) is 23.5. The summed E-state index contributed by atoms with van der Waals surface area (Å²) in [6.45, 7) is 5.96. The SMILES string of the molecule is CCn1c2ccc(C(=O)/C(CCSc3ccc(Cl)cc3)=N\OC(C)=O)cc2c2cc(C(=O)c3ccccc3C)ccc21. The summed E-state index contributed by atoms with van der Waals surface area (Å²) in [7, 11) is 0. The molecule has 4 aromatic carbocycles. The molecule has 0 saturated heterocycles. The number of halogens is 1. The van der Waals surface area contributed by atoms with Gasteiger partial charge in [-0.2, -0.15) is 0 Å². The highest BCUT2D eigenvalue weighted by Crippen LogP contribution is 2.32. The van der Waals surface area contributed by atoms with Crippen LogP contribution in [-0.2, 0) is 16.2 Å². The van der Waals surface area contributed by atoms with E-state index in [1.807, 2.05) is 85.8 Å². The van der Waals surface area contributed by atoms with Crippen LogP contribution in [0.4, 0.5) is 0 Å². The van der Waals surface area contributed by atoms with Crippen molar-refractivity contribution in [1.82, 2.24) is 4.57 Å². The van der Waals surface area contributed by atoms with Crippen LogP contribution in [0.1, 0.15) is 52.1 Å². The first-order chi connectivity index (χ1) is 20.3. The molecule has 6 nitrogen and oxygen atoms in total. The molecule has 0 aliphatic rings. The number of rotatable bonds is 10. The molecule has 1 aromatic heterocycles. The van der Waals surface area contributed by atoms with Gasteiger partial charge in [0.15, 0.2) is 5.78 Å². The number of ketones is 2. The summed E-state index contributed by atoms with van der Waals surface area (Å²) in [5, 5.41) is 6.32. The van der Waals surface area contributed by atoms with E-state index >= 15 is 0 Å². The summed E-state index contributed by atoms with van der Waals surface area (Å²) in [5.41, 5.74) is 4.68. The average molecular weight is 597 g/mol. The van der Waals surface area contributed by atoms with Gasteiger partial charge in [0.25, 0.3) is 0 Å². The number of hydrogen-bond acceptors (Lipinski definition) is 6. The fraction of sp³-hybridized carbons (Fsp3) is 0.176. The Bertz CT molecular complexity index is 1860. The molecule has 0 amide bonds. The Morgan fingerprint density at radius 1 is 0.881 bits per heavy atom. The number of nitrogens with zero attached hydrogens (tertiary/aromatic N) is 2. The van der Waals surface area contributed by atoms with Crippen molar-refractivity contribution in [1.29, 1.82) is 0 Å². The molecule has 0 aliphatic heterocycles. The Balaban J connectivity index is 1.50. The van der Waals surface area contributed by atoms with Crippen LogP contribution in [0.2, 0.25) is 5.02 Å². The van der Waals surface area contributed by atoms with E-state index in [0.29, 0.717) is 33.9 Å². The summed E-state index contributed by atoms with van der Waals surface area (Å²) >= 11 is 7.53. The molecule has 8 heteroatoms. The molecule has 1 heterocycles. The van der Waals surface area contributed by atoms with Crippen LogP contribution in [0.3, 0.4) is 0 Å². The Kier molecular flexibility index (Phi) is 8.90. The third-order valence-electron chi connectivity index (χ3n) is 7.06. The molecule has 212 valence electrons. The van der Waals surface area contributed by atoms with Crippen LogP contribution in [0, 0.1) is 6.92 Å². The fourth-order valence-corrected chi connectivity index (χ4v) is 5.98. The first-order valence-corrected chi connectivity index (χ1v) is 15.0. The first kappa shape index (κ1) is 29.3. The molecule has 0 radical (unpaired) electrons. The van der Waals surface area contributed by atoms with Gasteiger partial charge in [0.05, 0.1) is 0 Å². The number of thioether (sulfide) groups is 1. The van der Waals surface area contributed by atoms with Crippen molar-refractivity contribution in [2.75, 3.05) is 5.75 Å². The highest BCUT2D eigenvalue weighted by molar-refractivity contribution is 7.99. The van der Waals surface area contributed by atoms with Crippen LogP contribution >= 0.6 is 23.4 Å². The second kappa shape index (κ2) is 12.8. The summed E-state index contributed by atoms with van der Waals surface area (Å²) in [6.07, 6.45) is 0.295. The number of aryl methyl sites for hydroxylation is 2. The quantitative estimate of drug-likeness (QED) is 0.0533. The lowest BCUT2D eigenvalue weighted by molar-refractivity contribution is -0.140. The molecular formula is C34H29ClN2O4S. The average Bonchev–Trinajstić information content (AvgIpc) is 3.31. The van der Waals surface area contributed by atoms with Crippen LogP contribution in [0.25, 0.3) is 21.8 Å². The van der Waals surface area contributed by atoms with E-state index in [0.717, 1.165) is 38.8 Å². The van der Waals surface area contributed by atoms with E-state index in [1.165, 1.54) is 6.92 Å². The van der Waals surface area contributed by atoms with E-state index in [2.05, 4.69) is 16.6 Å². The third-order valence-corrected chi connectivity index (χ3v) is 8.33. The van der Waals surface area contributed by atoms with E-state index < -0.39 is 5.97 Å². The maximum absolute atomic E-state index is 13.7. The van der Waals surface area contributed by atoms with Gasteiger partial charge in [-0.15, -0.1) is 11.8 Å². The monoisotopic (exact) mass is 596 g/mol. The van der Waals surface area contributed by atoms with E-state index in [4.69, 9.17) is 16.4 Å². The minimum Gasteiger partial charge on any atom is -0.341 e. The second-order valence-electron chi connectivity index (χ2n) is 9.85. The number of benzene rings is 4. The summed E-state index contributed by atoms with van der Waals surface area (Å²) in [5.74, 6) is -0.416. The maximum Gasteiger partial charge on any atom is 0.331 e. The molecule has 42 heavy (non-hydrogen) atoms. The van der Waals surface area contributed by atoms with E-state index in [1.54, 1.807) is 17.8 Å². The molecule has 0 spiro atoms. The van der Waals surface area contributed by atoms with Crippen molar-refractivity contribution in [3.63, 3.8) is 0 Å². The number of Topliss-reactive ketones (excluding diaryl/α,β-unsaturated/α-hetero) is 1. The van der Waals surface area contributed by atoms with Crippen LogP contribution < -0.4 is 0 Å². The van der Waals surface area contributed by atoms with Gasteiger partial charge in [-0.1, -0.05) is 41.0 Å². The number of carbonyl (C=O) groups is 3. The molecular weight excluding hydrogens is 568 g/mol. The lowest BCUT2D eigenvalue weighted by Crippen LogP contribution is -2.16. The summed E-state index contributed by atoms with van der Waals surface area (Å²) in [6, 6.07) is 26.2. The van der Waals surface area contributed by atoms with Crippen molar-refractivity contribution >= 4 is 68.4 Å². The standard InChI is InChI=1S/C34H29ClN2O4S/c1-4-37-31-15-9-23(33(39)27-8-6-5-7-21(27)2)19-28(31)29-20-24(10-16-32(29)37)34(40)30(36-41-22(3)38)17-18-42-26-13-11-25(35)12-14-26/h5-16,19-20H,4,17-18H2,1-3H3/b36-30-. The van der Waals surface area contributed by atoms with Gasteiger partial charge in [-0.25, -0.2) is 4.79 Å². The minimum absolute atomic E-state index is 0.0476. The van der Waals surface area contributed by atoms with Crippen molar-refractivity contribution in [3.05, 3.63) is 112 Å². The number of oxime groups is 1. The molecule has 0 aliphatic carbocycles. The lowest BCUT2D eigenvalue weighted by Gasteiger charge is -2.07. The normalized spacial score (nSPS) is 11.7. The second-order valence-corrected chi connectivity index (χ2v) is 11.5. The van der Waals surface area contributed by atoms with Crippen LogP contribution in [0.15, 0.2) is 95.0 Å². The predicted molar refractivity (Wildman–Crippen MR) is 170 cm³/mol. The van der Waals surface area contributed by atoms with Gasteiger partial charge in [-0.3, -0.25) is 9.59 Å². The third kappa shape index (κ3) is 6.17. The molecule has 0 unspecified atom stereocenters. The highest BCUT2D eigenvalue weighted by Gasteiger charge is 2.20. The Labute approximate surface area is 253 Å². The Hall–Kier alpha value is -4.20. The van der Waals surface area contributed by atoms with Crippen molar-refractivity contribution < 1.29 is 19.2 Å². The maximum atomic E-state index is 13.7. The van der Waals surface area contributed by atoms with Gasteiger partial charge in [0.2, 0.25) is 5.78 Å². The van der Waals surface area contributed by atoms with Crippen molar-refractivity contribution in [3.8, 4) is 0 Å². The van der Waals surface area contributed by atoms with Crippen molar-refractivity contribution in [2.45, 2.75) is 38.6 Å². The predicted octanol–water partition coefficient (Wildman–Crippen LogP) is 8.29. The topological polar surface area (TPSA) is 77.7 Å². The fourth-order valence-electron chi connectivity index (χ4n) is 4.99. The summed E-state index contributed by atoms with van der Waals surface area (Å²) in [4.78, 5) is 44.5. The summed E-state index contributed by atoms with van der Waals surface area (Å²) < 4.78 is 2.16. The highest BCUT2D eigenvalue weighted by atomic mass is 35.5. The molecule has 5 rings (SSSR count). The van der Waals surface area contributed by atoms with Crippen LogP contribution in [-0.4, -0.2) is 33.6 Å².